The van der Waals surface area contributed by atoms with Gasteiger partial charge in [-0.05, 0) is 55.5 Å². The van der Waals surface area contributed by atoms with Crippen LogP contribution in [0.3, 0.4) is 0 Å². The first-order valence-electron chi connectivity index (χ1n) is 10.4. The van der Waals surface area contributed by atoms with Gasteiger partial charge in [0.05, 0.1) is 17.7 Å². The van der Waals surface area contributed by atoms with E-state index in [1.165, 1.54) is 24.0 Å². The van der Waals surface area contributed by atoms with Gasteiger partial charge in [0.25, 0.3) is 0 Å². The van der Waals surface area contributed by atoms with E-state index in [4.69, 9.17) is 9.47 Å². The number of aromatic carboxylic acids is 1. The Bertz CT molecular complexity index is 931. The normalized spacial score (nSPS) is 19.2. The molecule has 4 rings (SSSR count). The molecule has 0 saturated carbocycles. The number of benzene rings is 2. The molecule has 2 aliphatic heterocycles. The highest BCUT2D eigenvalue weighted by atomic mass is 16.5. The second kappa shape index (κ2) is 7.16. The fourth-order valence-corrected chi connectivity index (χ4v) is 4.44. The van der Waals surface area contributed by atoms with Crippen LogP contribution in [0.1, 0.15) is 73.5 Å². The first-order chi connectivity index (χ1) is 13.5. The summed E-state index contributed by atoms with van der Waals surface area (Å²) in [5.74, 6) is 0.806. The molecule has 2 aromatic rings. The van der Waals surface area contributed by atoms with E-state index in [1.807, 2.05) is 6.07 Å². The zero-order chi connectivity index (χ0) is 19.9. The molecule has 4 heteroatoms. The van der Waals surface area contributed by atoms with Crippen LogP contribution in [0.2, 0.25) is 0 Å². The Hall–Kier alpha value is -2.49. The highest BCUT2D eigenvalue weighted by Crippen LogP contribution is 2.53. The van der Waals surface area contributed by atoms with E-state index in [1.54, 1.807) is 12.1 Å². The number of carboxylic acids is 1. The predicted octanol–water partition coefficient (Wildman–Crippen LogP) is 5.74. The Kier molecular flexibility index (Phi) is 4.82. The average Bonchev–Trinajstić information content (AvgIpc) is 3.17. The van der Waals surface area contributed by atoms with Crippen LogP contribution in [0.5, 0.6) is 11.5 Å². The Morgan fingerprint density at radius 2 is 2.04 bits per heavy atom. The van der Waals surface area contributed by atoms with Crippen molar-refractivity contribution in [1.82, 2.24) is 0 Å². The molecular formula is C24H28O4. The zero-order valence-electron chi connectivity index (χ0n) is 16.9. The van der Waals surface area contributed by atoms with Crippen LogP contribution < -0.4 is 9.47 Å². The van der Waals surface area contributed by atoms with E-state index in [-0.39, 0.29) is 0 Å². The van der Waals surface area contributed by atoms with Crippen LogP contribution in [-0.4, -0.2) is 17.7 Å². The second-order valence-corrected chi connectivity index (χ2v) is 8.02. The lowest BCUT2D eigenvalue weighted by molar-refractivity contribution is 0.0693. The Balaban J connectivity index is 1.92. The minimum absolute atomic E-state index is 0.295. The molecule has 2 heterocycles. The van der Waals surface area contributed by atoms with Crippen LogP contribution in [0.25, 0.3) is 11.1 Å². The van der Waals surface area contributed by atoms with E-state index in [0.29, 0.717) is 12.2 Å². The van der Waals surface area contributed by atoms with Crippen molar-refractivity contribution in [3.05, 3.63) is 46.5 Å². The van der Waals surface area contributed by atoms with Gasteiger partial charge in [-0.1, -0.05) is 32.8 Å². The van der Waals surface area contributed by atoms with E-state index < -0.39 is 11.6 Å². The van der Waals surface area contributed by atoms with E-state index in [9.17, 15) is 9.90 Å². The number of carboxylic acid groups (broad SMARTS) is 1. The van der Waals surface area contributed by atoms with Crippen LogP contribution in [-0.2, 0) is 18.4 Å². The van der Waals surface area contributed by atoms with E-state index in [0.717, 1.165) is 53.9 Å². The summed E-state index contributed by atoms with van der Waals surface area (Å²) in [5.41, 5.74) is 5.29. The lowest BCUT2D eigenvalue weighted by Crippen LogP contribution is -2.32. The largest absolute Gasteiger partial charge is 0.492 e. The number of carbonyl (C=O) groups is 1. The summed E-state index contributed by atoms with van der Waals surface area (Å²) in [6.45, 7) is 7.07. The lowest BCUT2D eigenvalue weighted by Gasteiger charge is -2.38. The fourth-order valence-electron chi connectivity index (χ4n) is 4.44. The van der Waals surface area contributed by atoms with Crippen LogP contribution in [0, 0.1) is 0 Å². The number of unbranched alkanes of at least 4 members (excludes halogenated alkanes) is 2. The van der Waals surface area contributed by atoms with E-state index >= 15 is 0 Å². The van der Waals surface area contributed by atoms with Crippen LogP contribution in [0.4, 0.5) is 0 Å². The second-order valence-electron chi connectivity index (χ2n) is 8.02. The monoisotopic (exact) mass is 380 g/mol. The third-order valence-electron chi connectivity index (χ3n) is 6.20. The molecule has 1 N–H and O–H groups in total. The molecule has 4 nitrogen and oxygen atoms in total. The van der Waals surface area contributed by atoms with Crippen molar-refractivity contribution in [2.75, 3.05) is 6.61 Å². The minimum atomic E-state index is -0.914. The average molecular weight is 380 g/mol. The molecular weight excluding hydrogens is 352 g/mol. The number of rotatable bonds is 6. The van der Waals surface area contributed by atoms with Crippen molar-refractivity contribution in [2.45, 2.75) is 64.9 Å². The molecule has 1 unspecified atom stereocenters. The van der Waals surface area contributed by atoms with Gasteiger partial charge >= 0.3 is 5.97 Å². The topological polar surface area (TPSA) is 55.8 Å². The van der Waals surface area contributed by atoms with Gasteiger partial charge in [-0.15, -0.1) is 0 Å². The summed E-state index contributed by atoms with van der Waals surface area (Å²) in [6, 6.07) is 7.54. The molecule has 0 amide bonds. The van der Waals surface area contributed by atoms with Crippen molar-refractivity contribution in [3.63, 3.8) is 0 Å². The maximum atomic E-state index is 11.6. The highest BCUT2D eigenvalue weighted by molar-refractivity contribution is 5.92. The molecule has 148 valence electrons. The first kappa shape index (κ1) is 18.9. The van der Waals surface area contributed by atoms with Gasteiger partial charge in [-0.25, -0.2) is 4.79 Å². The van der Waals surface area contributed by atoms with Gasteiger partial charge < -0.3 is 14.6 Å². The van der Waals surface area contributed by atoms with Crippen molar-refractivity contribution < 1.29 is 19.4 Å². The minimum Gasteiger partial charge on any atom is -0.492 e. The first-order valence-corrected chi connectivity index (χ1v) is 10.4. The number of fused-ring (bicyclic) bond motifs is 5. The number of aryl methyl sites for hydroxylation is 1. The van der Waals surface area contributed by atoms with Gasteiger partial charge in [0.1, 0.15) is 17.1 Å². The van der Waals surface area contributed by atoms with Gasteiger partial charge in [-0.3, -0.25) is 0 Å². The number of hydrogen-bond donors (Lipinski definition) is 1. The quantitative estimate of drug-likeness (QED) is 0.650. The van der Waals surface area contributed by atoms with Gasteiger partial charge in [0, 0.05) is 17.5 Å². The predicted molar refractivity (Wildman–Crippen MR) is 110 cm³/mol. The maximum absolute atomic E-state index is 11.6. The Morgan fingerprint density at radius 3 is 2.75 bits per heavy atom. The third-order valence-corrected chi connectivity index (χ3v) is 6.20. The van der Waals surface area contributed by atoms with Crippen molar-refractivity contribution in [3.8, 4) is 22.6 Å². The molecule has 0 aromatic heterocycles. The number of hydrogen-bond acceptors (Lipinski definition) is 3. The van der Waals surface area contributed by atoms with Crippen molar-refractivity contribution >= 4 is 5.97 Å². The molecule has 0 spiro atoms. The molecule has 2 aliphatic rings. The van der Waals surface area contributed by atoms with Gasteiger partial charge in [0.2, 0.25) is 0 Å². The highest BCUT2D eigenvalue weighted by Gasteiger charge is 2.39. The SMILES string of the molecule is CCCCCc1cc2c(c3c1CCO3)-c1cc(C(=O)O)ccc1C(C)(CC)O2. The van der Waals surface area contributed by atoms with Crippen LogP contribution in [0.15, 0.2) is 24.3 Å². The summed E-state index contributed by atoms with van der Waals surface area (Å²) in [4.78, 5) is 11.6. The summed E-state index contributed by atoms with van der Waals surface area (Å²) in [7, 11) is 0. The van der Waals surface area contributed by atoms with Crippen molar-refractivity contribution in [1.29, 1.82) is 0 Å². The molecule has 0 saturated heterocycles. The van der Waals surface area contributed by atoms with Gasteiger partial charge in [0.15, 0.2) is 0 Å². The molecule has 28 heavy (non-hydrogen) atoms. The van der Waals surface area contributed by atoms with Crippen molar-refractivity contribution in [2.24, 2.45) is 0 Å². The molecule has 2 aromatic carbocycles. The number of ether oxygens (including phenoxy) is 2. The molecule has 1 atom stereocenters. The lowest BCUT2D eigenvalue weighted by atomic mass is 9.81. The molecule has 0 fully saturated rings. The van der Waals surface area contributed by atoms with Gasteiger partial charge in [-0.2, -0.15) is 0 Å². The smallest absolute Gasteiger partial charge is 0.335 e. The Morgan fingerprint density at radius 1 is 1.21 bits per heavy atom. The summed E-state index contributed by atoms with van der Waals surface area (Å²) < 4.78 is 12.6. The third kappa shape index (κ3) is 2.95. The summed E-state index contributed by atoms with van der Waals surface area (Å²) in [6.07, 6.45) is 6.30. The fraction of sp³-hybridized carbons (Fsp3) is 0.458. The summed E-state index contributed by atoms with van der Waals surface area (Å²) in [5, 5.41) is 9.52. The molecule has 0 aliphatic carbocycles. The Labute approximate surface area is 166 Å². The molecule has 0 radical (unpaired) electrons. The van der Waals surface area contributed by atoms with E-state index in [2.05, 4.69) is 26.8 Å². The molecule has 0 bridgehead atoms. The zero-order valence-corrected chi connectivity index (χ0v) is 16.9. The maximum Gasteiger partial charge on any atom is 0.335 e. The van der Waals surface area contributed by atoms with Crippen LogP contribution >= 0.6 is 0 Å². The summed E-state index contributed by atoms with van der Waals surface area (Å²) >= 11 is 0. The standard InChI is InChI=1S/C24H28O4/c1-4-6-7-8-15-14-20-21(22-17(15)11-12-27-22)18-13-16(23(25)26)9-10-19(18)24(3,5-2)28-20/h9-10,13-14H,4-8,11-12H2,1-3H3,(H,25,26).